The minimum Gasteiger partial charge on any atom is -0.410 e. The topological polar surface area (TPSA) is 100 Å². The van der Waals surface area contributed by atoms with E-state index in [1.165, 1.54) is 5.56 Å². The van der Waals surface area contributed by atoms with Crippen molar-refractivity contribution in [2.24, 2.45) is 0 Å². The maximum Gasteiger partial charge on any atom is 0.415 e. The van der Waals surface area contributed by atoms with Crippen LogP contribution in [0.4, 0.5) is 4.79 Å². The fraction of sp³-hybridized carbons (Fsp3) is 0.415. The number of nitrogens with zero attached hydrogens (tertiary/aromatic N) is 6. The highest BCUT2D eigenvalue weighted by Gasteiger charge is 2.35. The number of carbonyl (C=O) groups excluding carboxylic acids is 3. The van der Waals surface area contributed by atoms with Crippen LogP contribution >= 0.6 is 11.6 Å². The number of rotatable bonds is 9. The van der Waals surface area contributed by atoms with Crippen LogP contribution in [-0.4, -0.2) is 106 Å². The fourth-order valence-corrected chi connectivity index (χ4v) is 7.71. The molecule has 278 valence electrons. The van der Waals surface area contributed by atoms with Gasteiger partial charge in [0.1, 0.15) is 5.75 Å². The summed E-state index contributed by atoms with van der Waals surface area (Å²) in [4.78, 5) is 49.7. The Bertz CT molecular complexity index is 1980. The Balaban J connectivity index is 1.28. The average Bonchev–Trinajstić information content (AvgIpc) is 3.48. The summed E-state index contributed by atoms with van der Waals surface area (Å²) in [5, 5.41) is 5.07. The van der Waals surface area contributed by atoms with Crippen LogP contribution in [0.2, 0.25) is 5.02 Å². The number of aromatic nitrogens is 2. The van der Waals surface area contributed by atoms with Gasteiger partial charge in [0.05, 0.1) is 35.2 Å². The molecule has 4 aromatic rings. The number of halogens is 1. The van der Waals surface area contributed by atoms with Gasteiger partial charge in [0.25, 0.3) is 11.8 Å². The predicted octanol–water partition coefficient (Wildman–Crippen LogP) is 6.16. The maximum atomic E-state index is 15.2. The van der Waals surface area contributed by atoms with E-state index in [0.29, 0.717) is 62.0 Å². The molecule has 3 aliphatic rings. The first-order valence-electron chi connectivity index (χ1n) is 18.6. The first-order valence-corrected chi connectivity index (χ1v) is 19.0. The quantitative estimate of drug-likeness (QED) is 0.203. The van der Waals surface area contributed by atoms with Crippen molar-refractivity contribution in [3.8, 4) is 11.4 Å². The molecular weight excluding hydrogens is 692 g/mol. The summed E-state index contributed by atoms with van der Waals surface area (Å²) in [6.07, 6.45) is 2.66. The van der Waals surface area contributed by atoms with E-state index < -0.39 is 6.09 Å². The molecule has 0 unspecified atom stereocenters. The molecule has 0 saturated carbocycles. The molecule has 11 nitrogen and oxygen atoms in total. The van der Waals surface area contributed by atoms with Crippen LogP contribution in [-0.2, 0) is 30.7 Å². The van der Waals surface area contributed by atoms with Gasteiger partial charge < -0.3 is 24.2 Å². The third-order valence-electron chi connectivity index (χ3n) is 10.6. The standard InChI is InChI=1S/C41H47ClN6O5/c1-4-5-16-44(3)40(50)38-37(42)28(2)48(43-38)36-24-30-15-17-46(41(51)53-34-13-7-6-8-14-34)25-32(30)23-35(36)39(49)47-26-31-12-10-9-11-29(31)22-33(47)27-45-18-20-52-21-19-45/h6-14,23-24,33H,4-5,15-22,25-27H2,1-3H3/t33-/m0/s1. The molecule has 1 atom stereocenters. The number of amides is 3. The summed E-state index contributed by atoms with van der Waals surface area (Å²) >= 11 is 6.87. The SMILES string of the molecule is CCCCN(C)C(=O)c1nn(-c2cc3c(cc2C(=O)N2Cc4ccccc4C[C@H]2CN2CCOCC2)CN(C(=O)Oc2ccccc2)CC3)c(C)c1Cl. The minimum atomic E-state index is -0.443. The monoisotopic (exact) mass is 738 g/mol. The zero-order chi connectivity index (χ0) is 37.1. The van der Waals surface area contributed by atoms with Crippen LogP contribution < -0.4 is 4.74 Å². The zero-order valence-corrected chi connectivity index (χ0v) is 31.5. The molecule has 0 aliphatic carbocycles. The molecule has 0 spiro atoms. The molecule has 4 heterocycles. The molecule has 0 bridgehead atoms. The van der Waals surface area contributed by atoms with Gasteiger partial charge in [-0.1, -0.05) is 67.4 Å². The molecule has 0 N–H and O–H groups in total. The van der Waals surface area contributed by atoms with Crippen LogP contribution in [0.1, 0.15) is 68.6 Å². The van der Waals surface area contributed by atoms with E-state index in [1.807, 2.05) is 48.2 Å². The summed E-state index contributed by atoms with van der Waals surface area (Å²) in [5.41, 5.74) is 5.96. The summed E-state index contributed by atoms with van der Waals surface area (Å²) in [5.74, 6) is 0.0726. The summed E-state index contributed by atoms with van der Waals surface area (Å²) in [7, 11) is 1.76. The summed E-state index contributed by atoms with van der Waals surface area (Å²) < 4.78 is 13.0. The average molecular weight is 739 g/mol. The van der Waals surface area contributed by atoms with Gasteiger partial charge in [-0.2, -0.15) is 5.10 Å². The Morgan fingerprint density at radius 3 is 2.43 bits per heavy atom. The highest BCUT2D eigenvalue weighted by molar-refractivity contribution is 6.34. The molecule has 1 aromatic heterocycles. The van der Waals surface area contributed by atoms with Crippen LogP contribution in [0.25, 0.3) is 5.69 Å². The van der Waals surface area contributed by atoms with Gasteiger partial charge in [-0.05, 0) is 72.7 Å². The van der Waals surface area contributed by atoms with Crippen LogP contribution in [0.15, 0.2) is 66.7 Å². The Hall–Kier alpha value is -4.71. The van der Waals surface area contributed by atoms with Crippen LogP contribution in [0.3, 0.4) is 0 Å². The van der Waals surface area contributed by atoms with E-state index >= 15 is 4.79 Å². The van der Waals surface area contributed by atoms with Crippen molar-refractivity contribution in [1.82, 2.24) is 29.4 Å². The van der Waals surface area contributed by atoms with Crippen molar-refractivity contribution in [2.45, 2.75) is 58.7 Å². The maximum absolute atomic E-state index is 15.2. The Labute approximate surface area is 316 Å². The first-order chi connectivity index (χ1) is 25.7. The third-order valence-corrected chi connectivity index (χ3v) is 11.1. The van der Waals surface area contributed by atoms with Crippen LogP contribution in [0.5, 0.6) is 5.75 Å². The number of benzene rings is 3. The molecule has 3 aliphatic heterocycles. The summed E-state index contributed by atoms with van der Waals surface area (Å²) in [6.45, 7) is 9.37. The van der Waals surface area contributed by atoms with Gasteiger partial charge in [0, 0.05) is 58.9 Å². The number of carbonyl (C=O) groups is 3. The van der Waals surface area contributed by atoms with Crippen molar-refractivity contribution < 1.29 is 23.9 Å². The van der Waals surface area contributed by atoms with E-state index in [1.54, 1.807) is 33.7 Å². The first kappa shape index (κ1) is 36.6. The third kappa shape index (κ3) is 7.83. The second kappa shape index (κ2) is 16.1. The number of para-hydroxylation sites is 1. The van der Waals surface area contributed by atoms with Crippen LogP contribution in [0, 0.1) is 6.92 Å². The van der Waals surface area contributed by atoms with Crippen molar-refractivity contribution in [3.63, 3.8) is 0 Å². The molecule has 3 amide bonds. The van der Waals surface area contributed by atoms with Gasteiger partial charge in [-0.3, -0.25) is 14.5 Å². The van der Waals surface area contributed by atoms with E-state index in [9.17, 15) is 9.59 Å². The van der Waals surface area contributed by atoms with Gasteiger partial charge in [0.15, 0.2) is 5.69 Å². The van der Waals surface area contributed by atoms with Gasteiger partial charge in [-0.15, -0.1) is 0 Å². The smallest absolute Gasteiger partial charge is 0.410 e. The second-order valence-electron chi connectivity index (χ2n) is 14.2. The summed E-state index contributed by atoms with van der Waals surface area (Å²) in [6, 6.07) is 21.2. The molecule has 53 heavy (non-hydrogen) atoms. The number of hydrogen-bond donors (Lipinski definition) is 0. The minimum absolute atomic E-state index is 0.0802. The normalized spacial score (nSPS) is 17.2. The molecule has 3 aromatic carbocycles. The molecule has 12 heteroatoms. The lowest BCUT2D eigenvalue weighted by molar-refractivity contribution is 0.0192. The fourth-order valence-electron chi connectivity index (χ4n) is 7.51. The van der Waals surface area contributed by atoms with Crippen molar-refractivity contribution >= 4 is 29.5 Å². The number of ether oxygens (including phenoxy) is 2. The zero-order valence-electron chi connectivity index (χ0n) is 30.7. The lowest BCUT2D eigenvalue weighted by Gasteiger charge is -2.41. The van der Waals surface area contributed by atoms with Crippen molar-refractivity contribution in [1.29, 1.82) is 0 Å². The van der Waals surface area contributed by atoms with E-state index in [4.69, 9.17) is 26.2 Å². The largest absolute Gasteiger partial charge is 0.415 e. The molecular formula is C41H47ClN6O5. The number of fused-ring (bicyclic) bond motifs is 2. The van der Waals surface area contributed by atoms with Crippen molar-refractivity contribution in [3.05, 3.63) is 111 Å². The lowest BCUT2D eigenvalue weighted by Crippen LogP contribution is -2.52. The highest BCUT2D eigenvalue weighted by Crippen LogP contribution is 2.33. The van der Waals surface area contributed by atoms with Gasteiger partial charge >= 0.3 is 6.09 Å². The van der Waals surface area contributed by atoms with Gasteiger partial charge in [0.2, 0.25) is 0 Å². The Morgan fingerprint density at radius 1 is 0.943 bits per heavy atom. The van der Waals surface area contributed by atoms with E-state index in [0.717, 1.165) is 55.6 Å². The van der Waals surface area contributed by atoms with Gasteiger partial charge in [-0.25, -0.2) is 9.48 Å². The number of unbranched alkanes of at least 4 members (excludes halogenated alkanes) is 1. The molecule has 0 radical (unpaired) electrons. The number of morpholine rings is 1. The molecule has 1 fully saturated rings. The predicted molar refractivity (Wildman–Crippen MR) is 203 cm³/mol. The van der Waals surface area contributed by atoms with Crippen molar-refractivity contribution in [2.75, 3.05) is 53.0 Å². The molecule has 1 saturated heterocycles. The lowest BCUT2D eigenvalue weighted by atomic mass is 9.91. The van der Waals surface area contributed by atoms with E-state index in [2.05, 4.69) is 30.0 Å². The second-order valence-corrected chi connectivity index (χ2v) is 14.6. The van der Waals surface area contributed by atoms with E-state index in [-0.39, 0.29) is 35.1 Å². The molecule has 7 rings (SSSR count). The Morgan fingerprint density at radius 2 is 1.68 bits per heavy atom. The highest BCUT2D eigenvalue weighted by atomic mass is 35.5. The number of hydrogen-bond acceptors (Lipinski definition) is 7. The Kier molecular flexibility index (Phi) is 11.1.